The summed E-state index contributed by atoms with van der Waals surface area (Å²) >= 11 is 0. The van der Waals surface area contributed by atoms with Gasteiger partial charge in [-0.15, -0.1) is 0 Å². The lowest BCUT2D eigenvalue weighted by atomic mass is 10.0. The van der Waals surface area contributed by atoms with E-state index in [0.29, 0.717) is 19.3 Å². The number of hydrogen-bond acceptors (Lipinski definition) is 6. The summed E-state index contributed by atoms with van der Waals surface area (Å²) in [7, 11) is 0. The van der Waals surface area contributed by atoms with E-state index in [0.717, 1.165) is 103 Å². The number of allylic oxidation sites excluding steroid dienone is 16. The number of carbonyl (C=O) groups is 3. The van der Waals surface area contributed by atoms with Crippen molar-refractivity contribution in [2.24, 2.45) is 0 Å². The molecule has 0 amide bonds. The molecule has 0 aliphatic heterocycles. The van der Waals surface area contributed by atoms with Gasteiger partial charge in [0, 0.05) is 19.3 Å². The molecule has 1 atom stereocenters. The van der Waals surface area contributed by atoms with Crippen LogP contribution in [0.4, 0.5) is 0 Å². The van der Waals surface area contributed by atoms with Crippen LogP contribution in [-0.4, -0.2) is 37.2 Å². The van der Waals surface area contributed by atoms with E-state index in [9.17, 15) is 14.4 Å². The van der Waals surface area contributed by atoms with Crippen LogP contribution in [0, 0.1) is 0 Å². The molecule has 0 radical (unpaired) electrons. The molecular formula is C65H110O6. The van der Waals surface area contributed by atoms with Gasteiger partial charge in [0.15, 0.2) is 6.10 Å². The van der Waals surface area contributed by atoms with E-state index in [1.165, 1.54) is 128 Å². The maximum Gasteiger partial charge on any atom is 0.306 e. The average molecular weight is 988 g/mol. The fourth-order valence-electron chi connectivity index (χ4n) is 8.15. The zero-order valence-corrected chi connectivity index (χ0v) is 46.5. The van der Waals surface area contributed by atoms with Gasteiger partial charge in [0.2, 0.25) is 0 Å². The lowest BCUT2D eigenvalue weighted by Crippen LogP contribution is -2.30. The highest BCUT2D eigenvalue weighted by molar-refractivity contribution is 5.71. The first-order valence-corrected chi connectivity index (χ1v) is 29.7. The minimum Gasteiger partial charge on any atom is -0.462 e. The van der Waals surface area contributed by atoms with Crippen LogP contribution >= 0.6 is 0 Å². The molecule has 0 N–H and O–H groups in total. The second-order valence-corrected chi connectivity index (χ2v) is 19.5. The summed E-state index contributed by atoms with van der Waals surface area (Å²) in [5, 5.41) is 0. The molecule has 0 spiro atoms. The third-order valence-corrected chi connectivity index (χ3v) is 12.6. The summed E-state index contributed by atoms with van der Waals surface area (Å²) in [5.74, 6) is -1.00. The van der Waals surface area contributed by atoms with Crippen LogP contribution in [-0.2, 0) is 28.6 Å². The minimum absolute atomic E-state index is 0.108. The Morgan fingerprint density at radius 2 is 0.577 bits per heavy atom. The maximum atomic E-state index is 12.9. The molecule has 0 aromatic rings. The van der Waals surface area contributed by atoms with Crippen LogP contribution in [0.2, 0.25) is 0 Å². The summed E-state index contributed by atoms with van der Waals surface area (Å²) in [6.07, 6.45) is 78.4. The Labute approximate surface area is 438 Å². The lowest BCUT2D eigenvalue weighted by molar-refractivity contribution is -0.166. The van der Waals surface area contributed by atoms with Crippen LogP contribution in [0.5, 0.6) is 0 Å². The Kier molecular flexibility index (Phi) is 55.9. The molecule has 406 valence electrons. The van der Waals surface area contributed by atoms with Crippen molar-refractivity contribution in [1.82, 2.24) is 0 Å². The van der Waals surface area contributed by atoms with Gasteiger partial charge < -0.3 is 14.2 Å². The minimum atomic E-state index is -0.815. The average Bonchev–Trinajstić information content (AvgIpc) is 3.37. The highest BCUT2D eigenvalue weighted by Gasteiger charge is 2.19. The summed E-state index contributed by atoms with van der Waals surface area (Å²) < 4.78 is 16.8. The Bertz CT molecular complexity index is 1410. The quantitative estimate of drug-likeness (QED) is 0.0261. The van der Waals surface area contributed by atoms with Gasteiger partial charge in [-0.3, -0.25) is 14.4 Å². The van der Waals surface area contributed by atoms with Crippen LogP contribution in [0.25, 0.3) is 0 Å². The summed E-state index contributed by atoms with van der Waals surface area (Å²) in [6.45, 7) is 6.44. The first-order chi connectivity index (χ1) is 35.0. The lowest BCUT2D eigenvalue weighted by Gasteiger charge is -2.18. The van der Waals surface area contributed by atoms with E-state index < -0.39 is 6.10 Å². The molecule has 0 aromatic carbocycles. The second-order valence-electron chi connectivity index (χ2n) is 19.5. The second kappa shape index (κ2) is 58.9. The largest absolute Gasteiger partial charge is 0.462 e. The van der Waals surface area contributed by atoms with Crippen LogP contribution in [0.3, 0.4) is 0 Å². The Morgan fingerprint density at radius 3 is 0.972 bits per heavy atom. The molecule has 0 saturated heterocycles. The maximum absolute atomic E-state index is 12.9. The highest BCUT2D eigenvalue weighted by Crippen LogP contribution is 2.16. The van der Waals surface area contributed by atoms with Gasteiger partial charge in [-0.05, 0) is 89.9 Å². The number of unbranched alkanes of at least 4 members (excludes halogenated alkanes) is 26. The number of rotatable bonds is 53. The van der Waals surface area contributed by atoms with Crippen LogP contribution < -0.4 is 0 Å². The molecule has 0 bridgehead atoms. The van der Waals surface area contributed by atoms with Crippen molar-refractivity contribution >= 4 is 17.9 Å². The zero-order chi connectivity index (χ0) is 51.4. The van der Waals surface area contributed by atoms with Crippen molar-refractivity contribution in [3.63, 3.8) is 0 Å². The van der Waals surface area contributed by atoms with E-state index >= 15 is 0 Å². The molecule has 0 saturated carbocycles. The van der Waals surface area contributed by atoms with Crippen LogP contribution in [0.15, 0.2) is 97.2 Å². The molecule has 0 heterocycles. The zero-order valence-electron chi connectivity index (χ0n) is 46.5. The Hall–Kier alpha value is -3.67. The van der Waals surface area contributed by atoms with Gasteiger partial charge >= 0.3 is 17.9 Å². The van der Waals surface area contributed by atoms with Crippen molar-refractivity contribution in [2.75, 3.05) is 13.2 Å². The number of ether oxygens (including phenoxy) is 3. The SMILES string of the molecule is CC/C=C\C/C=C\C/C=C\CCCCCCCC(=O)OC[C@H](COC(=O)CC/C=C\C/C=C\C/C=C\C/C=C\C/C=C\CCCCC)OC(=O)CCCCCCCCCCCCCCCCCCCCC. The standard InChI is InChI=1S/C65H110O6/c1-4-7-10-13-16-19-22-25-28-30-32-34-37-40-43-46-49-52-55-58-64(67)70-61-62(60-69-63(66)57-54-51-48-45-42-39-36-27-24-21-18-15-12-9-6-3)71-65(68)59-56-53-50-47-44-41-38-35-33-31-29-26-23-20-17-14-11-8-5-2/h9,12,16,18-19,21,25,27-28,32,34,36,40,43,49,52,62H,4-8,10-11,13-15,17,20,22-24,26,29-31,33,35,37-39,41-42,44-48,50-51,53-61H2,1-3H3/b12-9-,19-16-,21-18-,28-25-,34-32-,36-27-,43-40-,52-49-/t62-/m1/s1. The topological polar surface area (TPSA) is 78.9 Å². The third kappa shape index (κ3) is 57.1. The number of esters is 3. The predicted octanol–water partition coefficient (Wildman–Crippen LogP) is 20.1. The van der Waals surface area contributed by atoms with E-state index in [-0.39, 0.29) is 37.5 Å². The third-order valence-electron chi connectivity index (χ3n) is 12.6. The first kappa shape index (κ1) is 67.3. The fraction of sp³-hybridized carbons (Fsp3) is 0.708. The molecule has 0 unspecified atom stereocenters. The molecule has 0 rings (SSSR count). The molecule has 6 nitrogen and oxygen atoms in total. The van der Waals surface area contributed by atoms with Gasteiger partial charge in [0.1, 0.15) is 13.2 Å². The molecule has 0 aliphatic carbocycles. The normalized spacial score (nSPS) is 12.8. The van der Waals surface area contributed by atoms with Gasteiger partial charge in [-0.25, -0.2) is 0 Å². The number of carbonyl (C=O) groups excluding carboxylic acids is 3. The predicted molar refractivity (Wildman–Crippen MR) is 307 cm³/mol. The van der Waals surface area contributed by atoms with E-state index in [1.54, 1.807) is 0 Å². The monoisotopic (exact) mass is 987 g/mol. The smallest absolute Gasteiger partial charge is 0.306 e. The fourth-order valence-corrected chi connectivity index (χ4v) is 8.15. The highest BCUT2D eigenvalue weighted by atomic mass is 16.6. The van der Waals surface area contributed by atoms with Crippen molar-refractivity contribution in [3.8, 4) is 0 Å². The molecular weight excluding hydrogens is 877 g/mol. The van der Waals surface area contributed by atoms with Crippen molar-refractivity contribution in [2.45, 2.75) is 284 Å². The summed E-state index contributed by atoms with van der Waals surface area (Å²) in [5.41, 5.74) is 0. The molecule has 0 fully saturated rings. The number of hydrogen-bond donors (Lipinski definition) is 0. The van der Waals surface area contributed by atoms with Gasteiger partial charge in [0.05, 0.1) is 0 Å². The van der Waals surface area contributed by atoms with E-state index in [1.807, 2.05) is 6.08 Å². The molecule has 71 heavy (non-hydrogen) atoms. The van der Waals surface area contributed by atoms with Crippen LogP contribution in [0.1, 0.15) is 278 Å². The molecule has 6 heteroatoms. The summed E-state index contributed by atoms with van der Waals surface area (Å²) in [4.78, 5) is 38.2. The van der Waals surface area contributed by atoms with E-state index in [2.05, 4.69) is 112 Å². The Morgan fingerprint density at radius 1 is 0.296 bits per heavy atom. The molecule has 0 aliphatic rings. The Balaban J connectivity index is 4.49. The summed E-state index contributed by atoms with van der Waals surface area (Å²) in [6, 6.07) is 0. The van der Waals surface area contributed by atoms with Crippen molar-refractivity contribution in [1.29, 1.82) is 0 Å². The van der Waals surface area contributed by atoms with Gasteiger partial charge in [0.25, 0.3) is 0 Å². The van der Waals surface area contributed by atoms with Gasteiger partial charge in [-0.1, -0.05) is 266 Å². The van der Waals surface area contributed by atoms with E-state index in [4.69, 9.17) is 14.2 Å². The van der Waals surface area contributed by atoms with Crippen molar-refractivity contribution < 1.29 is 28.6 Å². The first-order valence-electron chi connectivity index (χ1n) is 29.7. The molecule has 0 aromatic heterocycles. The van der Waals surface area contributed by atoms with Crippen molar-refractivity contribution in [3.05, 3.63) is 97.2 Å². The van der Waals surface area contributed by atoms with Gasteiger partial charge in [-0.2, -0.15) is 0 Å².